The number of nitrogens with one attached hydrogen (secondary N) is 1. The third-order valence-electron chi connectivity index (χ3n) is 5.30. The molecule has 0 saturated heterocycles. The lowest BCUT2D eigenvalue weighted by Gasteiger charge is -2.14. The second kappa shape index (κ2) is 8.93. The molecule has 0 unspecified atom stereocenters. The van der Waals surface area contributed by atoms with E-state index in [2.05, 4.69) is 10.3 Å². The first kappa shape index (κ1) is 21.1. The van der Waals surface area contributed by atoms with E-state index in [9.17, 15) is 9.59 Å². The van der Waals surface area contributed by atoms with Crippen molar-refractivity contribution in [3.8, 4) is 11.5 Å². The number of nitrogens with two attached hydrogens (primary N) is 1. The van der Waals surface area contributed by atoms with Gasteiger partial charge in [-0.2, -0.15) is 0 Å². The van der Waals surface area contributed by atoms with Gasteiger partial charge in [0.15, 0.2) is 0 Å². The highest BCUT2D eigenvalue weighted by Gasteiger charge is 2.20. The number of anilines is 1. The summed E-state index contributed by atoms with van der Waals surface area (Å²) in [6.45, 7) is -0.0101. The molecule has 0 aromatic heterocycles. The molecule has 4 rings (SSSR count). The van der Waals surface area contributed by atoms with Crippen molar-refractivity contribution in [1.82, 2.24) is 0 Å². The molecule has 2 amide bonds. The predicted molar refractivity (Wildman–Crippen MR) is 123 cm³/mol. The van der Waals surface area contributed by atoms with E-state index in [1.807, 2.05) is 42.5 Å². The summed E-state index contributed by atoms with van der Waals surface area (Å²) in [5.74, 6) is 0.786. The van der Waals surface area contributed by atoms with E-state index in [1.54, 1.807) is 32.4 Å². The van der Waals surface area contributed by atoms with E-state index < -0.39 is 5.91 Å². The summed E-state index contributed by atoms with van der Waals surface area (Å²) in [4.78, 5) is 28.4. The summed E-state index contributed by atoms with van der Waals surface area (Å²) in [7, 11) is 3.26. The third kappa shape index (κ3) is 4.32. The van der Waals surface area contributed by atoms with Gasteiger partial charge < -0.3 is 20.5 Å². The van der Waals surface area contributed by atoms with E-state index in [1.165, 1.54) is 0 Å². The molecule has 0 atom stereocenters. The Labute approximate surface area is 185 Å². The van der Waals surface area contributed by atoms with Crippen LogP contribution in [0.5, 0.6) is 11.5 Å². The highest BCUT2D eigenvalue weighted by molar-refractivity contribution is 6.19. The number of ether oxygens (including phenoxy) is 2. The number of aliphatic imine (C=N–C) groups is 1. The number of hydrogen-bond donors (Lipinski definition) is 2. The highest BCUT2D eigenvalue weighted by atomic mass is 16.5. The zero-order valence-electron chi connectivity index (χ0n) is 17.8. The number of methoxy groups -OCH3 is 2. The van der Waals surface area contributed by atoms with Gasteiger partial charge in [-0.1, -0.05) is 18.2 Å². The predicted octanol–water partition coefficient (Wildman–Crippen LogP) is 3.18. The number of carbonyl (C=O) groups is 2. The number of fused-ring (bicyclic) bond motifs is 1. The van der Waals surface area contributed by atoms with Gasteiger partial charge in [0, 0.05) is 28.7 Å². The summed E-state index contributed by atoms with van der Waals surface area (Å²) in [6, 6.07) is 18.4. The van der Waals surface area contributed by atoms with Crippen LogP contribution in [0.3, 0.4) is 0 Å². The minimum atomic E-state index is -0.519. The van der Waals surface area contributed by atoms with Crippen LogP contribution in [0.1, 0.15) is 32.6 Å². The van der Waals surface area contributed by atoms with Gasteiger partial charge in [0.1, 0.15) is 18.0 Å². The summed E-state index contributed by atoms with van der Waals surface area (Å²) < 4.78 is 10.9. The number of rotatable bonds is 6. The van der Waals surface area contributed by atoms with Crippen LogP contribution in [0.25, 0.3) is 0 Å². The second-order valence-corrected chi connectivity index (χ2v) is 7.39. The van der Waals surface area contributed by atoms with E-state index in [0.717, 1.165) is 33.8 Å². The second-order valence-electron chi connectivity index (χ2n) is 7.39. The molecule has 0 bridgehead atoms. The van der Waals surface area contributed by atoms with E-state index in [0.29, 0.717) is 23.4 Å². The summed E-state index contributed by atoms with van der Waals surface area (Å²) >= 11 is 0. The molecule has 1 aliphatic rings. The van der Waals surface area contributed by atoms with Crippen LogP contribution in [-0.2, 0) is 11.2 Å². The van der Waals surface area contributed by atoms with Gasteiger partial charge in [0.2, 0.25) is 11.8 Å². The van der Waals surface area contributed by atoms with Gasteiger partial charge in [-0.3, -0.25) is 14.6 Å². The molecule has 0 aliphatic carbocycles. The fraction of sp³-hybridized carbons (Fsp3) is 0.160. The molecule has 3 aromatic carbocycles. The van der Waals surface area contributed by atoms with Crippen molar-refractivity contribution in [3.05, 3.63) is 88.5 Å². The van der Waals surface area contributed by atoms with Gasteiger partial charge >= 0.3 is 0 Å². The minimum absolute atomic E-state index is 0.0101. The van der Waals surface area contributed by atoms with Gasteiger partial charge in [0.25, 0.3) is 0 Å². The Balaban J connectivity index is 1.78. The molecule has 3 aromatic rings. The molecular weight excluding hydrogens is 406 g/mol. The number of amides is 2. The van der Waals surface area contributed by atoms with Crippen molar-refractivity contribution in [3.63, 3.8) is 0 Å². The molecule has 162 valence electrons. The van der Waals surface area contributed by atoms with Crippen LogP contribution in [0.4, 0.5) is 5.69 Å². The van der Waals surface area contributed by atoms with Gasteiger partial charge in [0.05, 0.1) is 25.6 Å². The fourth-order valence-corrected chi connectivity index (χ4v) is 3.74. The number of hydrogen-bond acceptors (Lipinski definition) is 5. The number of nitrogens with zero attached hydrogens (tertiary/aromatic N) is 1. The molecule has 7 heteroatoms. The molecule has 0 radical (unpaired) electrons. The monoisotopic (exact) mass is 429 g/mol. The molecule has 32 heavy (non-hydrogen) atoms. The average molecular weight is 429 g/mol. The largest absolute Gasteiger partial charge is 0.497 e. The Morgan fingerprint density at radius 1 is 1.06 bits per heavy atom. The Morgan fingerprint density at radius 3 is 2.66 bits per heavy atom. The smallest absolute Gasteiger partial charge is 0.248 e. The number of carbonyl (C=O) groups excluding carboxylic acids is 2. The van der Waals surface area contributed by atoms with Crippen molar-refractivity contribution < 1.29 is 19.1 Å². The first-order valence-corrected chi connectivity index (χ1v) is 10.1. The quantitative estimate of drug-likeness (QED) is 0.628. The zero-order chi connectivity index (χ0) is 22.7. The maximum absolute atomic E-state index is 12.2. The van der Waals surface area contributed by atoms with Gasteiger partial charge in [-0.15, -0.1) is 0 Å². The molecule has 0 saturated carbocycles. The number of benzodiazepines with no additional fused rings is 1. The molecule has 3 N–H and O–H groups in total. The molecule has 1 aliphatic heterocycles. The normalized spacial score (nSPS) is 12.8. The van der Waals surface area contributed by atoms with Gasteiger partial charge in [-0.25, -0.2) is 0 Å². The lowest BCUT2D eigenvalue weighted by Crippen LogP contribution is -2.13. The Morgan fingerprint density at radius 2 is 1.91 bits per heavy atom. The van der Waals surface area contributed by atoms with Crippen LogP contribution in [0, 0.1) is 0 Å². The maximum atomic E-state index is 12.2. The van der Waals surface area contributed by atoms with Crippen LogP contribution < -0.4 is 20.5 Å². The van der Waals surface area contributed by atoms with Crippen molar-refractivity contribution in [2.24, 2.45) is 10.7 Å². The van der Waals surface area contributed by atoms with Crippen molar-refractivity contribution in [1.29, 1.82) is 0 Å². The number of primary amides is 1. The highest BCUT2D eigenvalue weighted by Crippen LogP contribution is 2.29. The minimum Gasteiger partial charge on any atom is -0.497 e. The maximum Gasteiger partial charge on any atom is 0.248 e. The molecule has 7 nitrogen and oxygen atoms in total. The van der Waals surface area contributed by atoms with Gasteiger partial charge in [-0.05, 0) is 48.0 Å². The SMILES string of the molecule is COc1ccc(OC)c(Cc2ccc3c(c2)C(c2cccc(C(N)=O)c2)=NCC(=O)N3)c1. The standard InChI is InChI=1S/C25H23N3O4/c1-31-19-7-9-22(32-2)18(13-19)10-15-6-8-21-20(11-15)24(27-14-23(29)28-21)16-4-3-5-17(12-16)25(26)30/h3-9,11-13H,10,14H2,1-2H3,(H2,26,30)(H,28,29). The van der Waals surface area contributed by atoms with Crippen molar-refractivity contribution in [2.45, 2.75) is 6.42 Å². The van der Waals surface area contributed by atoms with Crippen LogP contribution in [0.2, 0.25) is 0 Å². The molecule has 0 fully saturated rings. The Kier molecular flexibility index (Phi) is 5.89. The fourth-order valence-electron chi connectivity index (χ4n) is 3.74. The average Bonchev–Trinajstić information content (AvgIpc) is 2.97. The summed E-state index contributed by atoms with van der Waals surface area (Å²) in [5, 5.41) is 2.90. The molecule has 0 spiro atoms. The summed E-state index contributed by atoms with van der Waals surface area (Å²) in [5.41, 5.74) is 10.6. The van der Waals surface area contributed by atoms with Crippen LogP contribution >= 0.6 is 0 Å². The topological polar surface area (TPSA) is 103 Å². The third-order valence-corrected chi connectivity index (χ3v) is 5.30. The van der Waals surface area contributed by atoms with E-state index >= 15 is 0 Å². The van der Waals surface area contributed by atoms with Crippen molar-refractivity contribution >= 4 is 23.2 Å². The Hall–Kier alpha value is -4.13. The van der Waals surface area contributed by atoms with E-state index in [-0.39, 0.29) is 12.5 Å². The first-order valence-electron chi connectivity index (χ1n) is 10.1. The number of benzene rings is 3. The summed E-state index contributed by atoms with van der Waals surface area (Å²) in [6.07, 6.45) is 0.593. The van der Waals surface area contributed by atoms with E-state index in [4.69, 9.17) is 15.2 Å². The zero-order valence-corrected chi connectivity index (χ0v) is 17.8. The lowest BCUT2D eigenvalue weighted by atomic mass is 9.95. The molecular formula is C25H23N3O4. The van der Waals surface area contributed by atoms with Crippen LogP contribution in [0.15, 0.2) is 65.7 Å². The lowest BCUT2D eigenvalue weighted by molar-refractivity contribution is -0.114. The Bertz CT molecular complexity index is 1230. The van der Waals surface area contributed by atoms with Crippen molar-refractivity contribution in [2.75, 3.05) is 26.1 Å². The first-order chi connectivity index (χ1) is 15.5. The van der Waals surface area contributed by atoms with Crippen LogP contribution in [-0.4, -0.2) is 38.3 Å². The molecule has 1 heterocycles.